The normalized spacial score (nSPS) is 11.6. The van der Waals surface area contributed by atoms with Crippen LogP contribution in [0, 0.1) is 32.1 Å². The van der Waals surface area contributed by atoms with Gasteiger partial charge in [0.2, 0.25) is 0 Å². The Bertz CT molecular complexity index is 6750. The third-order valence-electron chi connectivity index (χ3n) is 20.4. The van der Waals surface area contributed by atoms with E-state index in [2.05, 4.69) is 67.9 Å². The van der Waals surface area contributed by atoms with Gasteiger partial charge in [0.1, 0.15) is 74.6 Å². The van der Waals surface area contributed by atoms with Crippen molar-refractivity contribution in [2.24, 2.45) is 0 Å². The Morgan fingerprint density at radius 2 is 0.738 bits per heavy atom. The average Bonchev–Trinajstić information content (AvgIpc) is 0.762. The number of nitriles is 1. The molecule has 0 aliphatic rings. The van der Waals surface area contributed by atoms with E-state index in [9.17, 15) is 34.0 Å². The van der Waals surface area contributed by atoms with E-state index in [1.807, 2.05) is 161 Å². The van der Waals surface area contributed by atoms with Gasteiger partial charge in [-0.15, -0.1) is 0 Å². The van der Waals surface area contributed by atoms with Gasteiger partial charge in [-0.2, -0.15) is 5.26 Å². The number of nitrogen functional groups attached to an aromatic ring is 2. The Morgan fingerprint density at radius 1 is 0.405 bits per heavy atom. The molecule has 0 unspecified atom stereocenters. The van der Waals surface area contributed by atoms with Crippen LogP contribution in [0.3, 0.4) is 0 Å². The predicted molar refractivity (Wildman–Crippen MR) is 485 cm³/mol. The lowest BCUT2D eigenvalue weighted by Crippen LogP contribution is -2.29. The van der Waals surface area contributed by atoms with Crippen molar-refractivity contribution in [2.45, 2.75) is 98.6 Å². The van der Waals surface area contributed by atoms with Gasteiger partial charge in [0.05, 0.1) is 73.6 Å². The van der Waals surface area contributed by atoms with E-state index < -0.39 is 29.8 Å². The molecule has 16 N–H and O–H groups in total. The first-order chi connectivity index (χ1) is 61.0. The van der Waals surface area contributed by atoms with Crippen molar-refractivity contribution in [1.29, 1.82) is 5.26 Å². The van der Waals surface area contributed by atoms with E-state index >= 15 is 0 Å². The molecule has 33 nitrogen and oxygen atoms in total. The molecule has 0 spiro atoms. The summed E-state index contributed by atoms with van der Waals surface area (Å²) in [4.78, 5) is 118. The molecule has 0 saturated carbocycles. The largest absolute Gasteiger partial charge is 0.382 e. The van der Waals surface area contributed by atoms with E-state index in [-0.39, 0.29) is 50.8 Å². The highest BCUT2D eigenvalue weighted by Crippen LogP contribution is 2.35. The molecule has 0 bridgehead atoms. The Balaban J connectivity index is 0.000000162. The number of benzene rings is 9. The molecule has 6 heterocycles. The van der Waals surface area contributed by atoms with E-state index in [0.717, 1.165) is 16.7 Å². The number of rotatable bonds is 27. The number of halogens is 2. The van der Waals surface area contributed by atoms with Gasteiger partial charge in [-0.1, -0.05) is 153 Å². The first-order valence-electron chi connectivity index (χ1n) is 39.8. The number of amides is 3. The zero-order chi connectivity index (χ0) is 89.2. The molecule has 0 aliphatic heterocycles. The molecule has 15 aromatic rings. The van der Waals surface area contributed by atoms with Crippen LogP contribution in [-0.2, 0) is 19.6 Å². The zero-order valence-corrected chi connectivity index (χ0v) is 70.4. The summed E-state index contributed by atoms with van der Waals surface area (Å²) < 4.78 is 4.79. The highest BCUT2D eigenvalue weighted by molar-refractivity contribution is 6.35. The van der Waals surface area contributed by atoms with Crippen LogP contribution < -0.4 is 76.5 Å². The Morgan fingerprint density at radius 3 is 1.08 bits per heavy atom. The second-order valence-corrected chi connectivity index (χ2v) is 29.4. The van der Waals surface area contributed by atoms with Crippen molar-refractivity contribution in [2.75, 3.05) is 43.4 Å². The van der Waals surface area contributed by atoms with E-state index in [1.165, 1.54) is 6.33 Å². The zero-order valence-electron chi connectivity index (χ0n) is 68.9. The van der Waals surface area contributed by atoms with Crippen molar-refractivity contribution < 1.29 is 30.0 Å². The standard InChI is InChI=1S/C31H30ClN7O3.C31H29N9O3.C29H27ClN8O3/c1-4-23(36-28-27(32)18(2)34-19(3)35-28)29-37-25-12-8-11-24(26(25)31(41)39(29)22-9-6-5-7-10-22)33-17-20-13-15-21(16-14-20)30(40)38-42;1-3-23(37-28-22(16-32)27(33)35-18(2)36-28)29-38-25-11-7-10-24(26(25)31(42)40(29)21-8-5-4-6-9-21)34-17-19-12-14-20(15-13-19)30(41)39-43;1-2-20(35-26-24(30)25(31)33-16-34-26)27-36-22-10-6-9-21(23(22)29(40)38(27)19-7-4-3-5-8-19)32-15-17-11-13-18(14-12-17)28(39)37-41/h5-16,23,33,42H,4,17H2,1-3H3,(H,38,40)(H,34,35,36);4-15,23,34,43H,3,17H2,1-2H3,(H,39,41)(H3,33,35,36,37);3-14,16,20,32,41H,2,15H2,1H3,(H,37,39)(H3,31,33,34,35)/t2*23-;20-/m000/s1. The van der Waals surface area contributed by atoms with Crippen LogP contribution in [0.25, 0.3) is 49.8 Å². The Kier molecular flexibility index (Phi) is 28.3. The quantitative estimate of drug-likeness (QED) is 0.0168. The van der Waals surface area contributed by atoms with Crippen LogP contribution in [0.1, 0.15) is 146 Å². The average molecular weight is 1730 g/mol. The molecule has 35 heteroatoms. The van der Waals surface area contributed by atoms with Crippen molar-refractivity contribution in [3.8, 4) is 23.1 Å². The molecule has 0 radical (unpaired) electrons. The van der Waals surface area contributed by atoms with Gasteiger partial charge in [-0.25, -0.2) is 61.3 Å². The molecule has 9 aromatic carbocycles. The predicted octanol–water partition coefficient (Wildman–Crippen LogP) is 14.7. The molecule has 638 valence electrons. The number of nitrogens with two attached hydrogens (primary N) is 2. The highest BCUT2D eigenvalue weighted by Gasteiger charge is 2.29. The monoisotopic (exact) mass is 1730 g/mol. The molecule has 0 aliphatic carbocycles. The summed E-state index contributed by atoms with van der Waals surface area (Å²) in [6.45, 7) is 12.4. The van der Waals surface area contributed by atoms with Crippen LogP contribution in [0.2, 0.25) is 10.0 Å². The summed E-state index contributed by atoms with van der Waals surface area (Å²) >= 11 is 12.9. The molecular formula is C91H86Cl2N24O9. The highest BCUT2D eigenvalue weighted by atomic mass is 35.5. The second-order valence-electron chi connectivity index (χ2n) is 28.7. The minimum absolute atomic E-state index is 0.0706. The van der Waals surface area contributed by atoms with Crippen molar-refractivity contribution in [1.82, 2.24) is 75.0 Å². The minimum atomic E-state index is -0.598. The number of carbonyl (C=O) groups excluding carboxylic acids is 3. The number of carbonyl (C=O) groups is 3. The first-order valence-corrected chi connectivity index (χ1v) is 40.6. The Hall–Kier alpha value is -15.6. The number of hydrogen-bond donors (Lipinski definition) is 14. The third kappa shape index (κ3) is 19.8. The van der Waals surface area contributed by atoms with Gasteiger partial charge in [0, 0.05) is 53.4 Å². The van der Waals surface area contributed by atoms with Gasteiger partial charge in [0.25, 0.3) is 34.4 Å². The number of aromatic nitrogens is 12. The van der Waals surface area contributed by atoms with Crippen molar-refractivity contribution in [3.63, 3.8) is 0 Å². The van der Waals surface area contributed by atoms with E-state index in [0.29, 0.717) is 174 Å². The van der Waals surface area contributed by atoms with Gasteiger partial charge in [-0.05, 0) is 166 Å². The molecule has 6 aromatic heterocycles. The number of nitrogens with zero attached hydrogens (tertiary/aromatic N) is 13. The van der Waals surface area contributed by atoms with Gasteiger partial charge in [-0.3, -0.25) is 58.1 Å². The van der Waals surface area contributed by atoms with E-state index in [4.69, 9.17) is 65.2 Å². The first kappa shape index (κ1) is 88.2. The number of nitrogens with one attached hydrogen (secondary N) is 9. The number of hydrogen-bond acceptors (Lipinski definition) is 27. The molecular weight excluding hydrogens is 1640 g/mol. The van der Waals surface area contributed by atoms with E-state index in [1.54, 1.807) is 129 Å². The third-order valence-corrected chi connectivity index (χ3v) is 21.2. The van der Waals surface area contributed by atoms with Crippen LogP contribution in [0.4, 0.5) is 46.2 Å². The Labute approximate surface area is 730 Å². The lowest BCUT2D eigenvalue weighted by atomic mass is 10.1. The number of aryl methyl sites for hydroxylation is 3. The summed E-state index contributed by atoms with van der Waals surface area (Å²) in [6.07, 6.45) is 3.00. The van der Waals surface area contributed by atoms with Crippen LogP contribution >= 0.6 is 23.2 Å². The number of anilines is 8. The van der Waals surface area contributed by atoms with Crippen molar-refractivity contribution in [3.05, 3.63) is 340 Å². The van der Waals surface area contributed by atoms with Gasteiger partial charge < -0.3 is 43.4 Å². The lowest BCUT2D eigenvalue weighted by Gasteiger charge is -2.23. The van der Waals surface area contributed by atoms with Crippen LogP contribution in [-0.4, -0.2) is 91.9 Å². The number of hydroxylamine groups is 3. The number of fused-ring (bicyclic) bond motifs is 3. The van der Waals surface area contributed by atoms with Crippen LogP contribution in [0.5, 0.6) is 0 Å². The fraction of sp³-hybridized carbons (Fsp3) is 0.165. The topological polar surface area (TPSA) is 478 Å². The summed E-state index contributed by atoms with van der Waals surface area (Å²) in [7, 11) is 0. The van der Waals surface area contributed by atoms with Gasteiger partial charge >= 0.3 is 0 Å². The molecule has 3 atom stereocenters. The molecule has 15 rings (SSSR count). The second kappa shape index (κ2) is 40.4. The minimum Gasteiger partial charge on any atom is -0.382 e. The fourth-order valence-electron chi connectivity index (χ4n) is 14.1. The molecule has 3 amide bonds. The molecule has 0 saturated heterocycles. The van der Waals surface area contributed by atoms with Crippen molar-refractivity contribution >= 4 is 120 Å². The molecule has 0 fully saturated rings. The maximum atomic E-state index is 14.3. The molecule has 126 heavy (non-hydrogen) atoms. The summed E-state index contributed by atoms with van der Waals surface area (Å²) in [5, 5.41) is 58.2. The maximum absolute atomic E-state index is 14.3. The van der Waals surface area contributed by atoms with Crippen LogP contribution in [0.15, 0.2) is 239 Å². The fourth-order valence-corrected chi connectivity index (χ4v) is 14.4. The SMILES string of the molecule is CC[C@H](Nc1nc(C)nc(C)c1Cl)c1nc2cccc(NCc3ccc(C(=O)NO)cc3)c2c(=O)n1-c1ccccc1.CC[C@H](Nc1nc(C)nc(N)c1C#N)c1nc2cccc(NCc3ccc(C(=O)NO)cc3)c2c(=O)n1-c1ccccc1.CC[C@H](Nc1ncnc(N)c1Cl)c1nc2cccc(NCc3ccc(C(=O)NO)cc3)c2c(=O)n1-c1ccccc1. The summed E-state index contributed by atoms with van der Waals surface area (Å²) in [5.41, 5.74) is 25.7. The maximum Gasteiger partial charge on any atom is 0.274 e. The number of para-hydroxylation sites is 3. The summed E-state index contributed by atoms with van der Waals surface area (Å²) in [6, 6.07) is 65.3. The van der Waals surface area contributed by atoms with Gasteiger partial charge in [0.15, 0.2) is 11.6 Å². The smallest absolute Gasteiger partial charge is 0.274 e. The lowest BCUT2D eigenvalue weighted by molar-refractivity contribution is 0.0702. The summed E-state index contributed by atoms with van der Waals surface area (Å²) in [5.74, 6) is 2.00.